The van der Waals surface area contributed by atoms with Crippen molar-refractivity contribution < 1.29 is 9.53 Å². The molecule has 5 heteroatoms. The van der Waals surface area contributed by atoms with Crippen LogP contribution in [0.3, 0.4) is 0 Å². The molecule has 0 spiro atoms. The van der Waals surface area contributed by atoms with Crippen LogP contribution < -0.4 is 0 Å². The maximum absolute atomic E-state index is 12.4. The van der Waals surface area contributed by atoms with E-state index in [4.69, 9.17) is 27.9 Å². The van der Waals surface area contributed by atoms with Gasteiger partial charge < -0.3 is 4.74 Å². The number of halogens is 2. The Morgan fingerprint density at radius 2 is 1.72 bits per heavy atom. The first-order chi connectivity index (χ1) is 12.0. The molecule has 1 aliphatic heterocycles. The van der Waals surface area contributed by atoms with E-state index in [-0.39, 0.29) is 11.4 Å². The molecule has 0 aromatic heterocycles. The quantitative estimate of drug-likeness (QED) is 0.505. The molecule has 0 radical (unpaired) electrons. The lowest BCUT2D eigenvalue weighted by Crippen LogP contribution is -2.50. The molecule has 1 aromatic rings. The minimum Gasteiger partial charge on any atom is -0.406 e. The van der Waals surface area contributed by atoms with Gasteiger partial charge in [-0.3, -0.25) is 0 Å². The van der Waals surface area contributed by atoms with Gasteiger partial charge in [0.1, 0.15) is 0 Å². The van der Waals surface area contributed by atoms with Gasteiger partial charge in [0.05, 0.1) is 0 Å². The van der Waals surface area contributed by atoms with Gasteiger partial charge >= 0.3 is 5.97 Å². The molecule has 0 saturated heterocycles. The molecule has 4 saturated carbocycles. The first-order valence-electron chi connectivity index (χ1n) is 8.99. The molecular formula is C20H19Cl2NO2. The van der Waals surface area contributed by atoms with E-state index in [0.29, 0.717) is 21.6 Å². The van der Waals surface area contributed by atoms with Crippen LogP contribution in [-0.2, 0) is 9.53 Å². The summed E-state index contributed by atoms with van der Waals surface area (Å²) in [5, 5.41) is 1.07. The fraction of sp³-hybridized carbons (Fsp3) is 0.500. The van der Waals surface area contributed by atoms with Gasteiger partial charge in [-0.05, 0) is 80.1 Å². The van der Waals surface area contributed by atoms with Crippen molar-refractivity contribution in [3.8, 4) is 0 Å². The van der Waals surface area contributed by atoms with Gasteiger partial charge in [0, 0.05) is 15.5 Å². The molecule has 1 aromatic carbocycles. The second-order valence-electron chi connectivity index (χ2n) is 8.20. The van der Waals surface area contributed by atoms with Crippen LogP contribution in [0, 0.1) is 23.2 Å². The van der Waals surface area contributed by atoms with E-state index in [1.165, 1.54) is 19.3 Å². The van der Waals surface area contributed by atoms with Gasteiger partial charge in [-0.25, -0.2) is 9.79 Å². The molecule has 1 heterocycles. The molecule has 25 heavy (non-hydrogen) atoms. The number of aliphatic imine (C=N–C) groups is 1. The number of benzene rings is 1. The van der Waals surface area contributed by atoms with E-state index in [9.17, 15) is 4.79 Å². The Labute approximate surface area is 157 Å². The van der Waals surface area contributed by atoms with Crippen LogP contribution in [0.2, 0.25) is 10.0 Å². The summed E-state index contributed by atoms with van der Waals surface area (Å²) >= 11 is 12.2. The van der Waals surface area contributed by atoms with Crippen LogP contribution in [0.4, 0.5) is 0 Å². The van der Waals surface area contributed by atoms with Crippen molar-refractivity contribution in [2.75, 3.05) is 0 Å². The average Bonchev–Trinajstić information content (AvgIpc) is 2.91. The second kappa shape index (κ2) is 5.59. The zero-order valence-corrected chi connectivity index (χ0v) is 15.3. The number of cyclic esters (lactones) is 1. The van der Waals surface area contributed by atoms with Crippen LogP contribution in [0.5, 0.6) is 0 Å². The summed E-state index contributed by atoms with van der Waals surface area (Å²) < 4.78 is 5.67. The number of nitrogens with zero attached hydrogens (tertiary/aromatic N) is 1. The maximum Gasteiger partial charge on any atom is 0.363 e. The van der Waals surface area contributed by atoms with Crippen molar-refractivity contribution >= 4 is 41.1 Å². The van der Waals surface area contributed by atoms with E-state index in [0.717, 1.165) is 42.6 Å². The number of esters is 1. The minimum atomic E-state index is -0.364. The summed E-state index contributed by atoms with van der Waals surface area (Å²) in [4.78, 5) is 17.0. The van der Waals surface area contributed by atoms with Crippen molar-refractivity contribution in [1.82, 2.24) is 0 Å². The van der Waals surface area contributed by atoms with E-state index in [1.54, 1.807) is 24.3 Å². The molecule has 6 rings (SSSR count). The van der Waals surface area contributed by atoms with Gasteiger partial charge in [-0.15, -0.1) is 0 Å². The molecule has 0 unspecified atom stereocenters. The monoisotopic (exact) mass is 375 g/mol. The van der Waals surface area contributed by atoms with Crippen LogP contribution >= 0.6 is 23.2 Å². The average molecular weight is 376 g/mol. The molecule has 4 aliphatic carbocycles. The minimum absolute atomic E-state index is 0.0101. The summed E-state index contributed by atoms with van der Waals surface area (Å²) in [5.41, 5.74) is 1.06. The lowest BCUT2D eigenvalue weighted by molar-refractivity contribution is -0.131. The smallest absolute Gasteiger partial charge is 0.363 e. The highest BCUT2D eigenvalue weighted by Gasteiger charge is 2.55. The predicted molar refractivity (Wildman–Crippen MR) is 98.6 cm³/mol. The zero-order valence-electron chi connectivity index (χ0n) is 13.8. The SMILES string of the molecule is O=C1OC(C23CC4CC(CC(C4)C2)C3)=N/C1=C/c1ccc(Cl)cc1Cl. The van der Waals surface area contributed by atoms with Crippen LogP contribution in [0.1, 0.15) is 44.1 Å². The van der Waals surface area contributed by atoms with Gasteiger partial charge in [0.2, 0.25) is 5.90 Å². The molecule has 5 aliphatic rings. The van der Waals surface area contributed by atoms with Crippen LogP contribution in [0.25, 0.3) is 6.08 Å². The van der Waals surface area contributed by atoms with E-state index < -0.39 is 0 Å². The Balaban J connectivity index is 1.49. The summed E-state index contributed by atoms with van der Waals surface area (Å²) in [5.74, 6) is 2.65. The number of carbonyl (C=O) groups is 1. The third kappa shape index (κ3) is 2.63. The molecule has 4 bridgehead atoms. The first-order valence-corrected chi connectivity index (χ1v) is 9.74. The van der Waals surface area contributed by atoms with Crippen LogP contribution in [-0.4, -0.2) is 11.9 Å². The fourth-order valence-electron chi connectivity index (χ4n) is 5.77. The third-order valence-electron chi connectivity index (χ3n) is 6.37. The topological polar surface area (TPSA) is 38.7 Å². The van der Waals surface area contributed by atoms with Gasteiger partial charge in [0.15, 0.2) is 5.70 Å². The van der Waals surface area contributed by atoms with Crippen LogP contribution in [0.15, 0.2) is 28.9 Å². The molecule has 0 N–H and O–H groups in total. The molecule has 4 fully saturated rings. The number of ether oxygens (including phenoxy) is 1. The van der Waals surface area contributed by atoms with E-state index in [1.807, 2.05) is 0 Å². The van der Waals surface area contributed by atoms with Crippen molar-refractivity contribution in [2.24, 2.45) is 28.2 Å². The Morgan fingerprint density at radius 3 is 2.32 bits per heavy atom. The Kier molecular flexibility index (Phi) is 3.55. The fourth-order valence-corrected chi connectivity index (χ4v) is 6.24. The highest BCUT2D eigenvalue weighted by molar-refractivity contribution is 6.35. The lowest BCUT2D eigenvalue weighted by atomic mass is 9.49. The standard InChI is InChI=1S/C20H19Cl2NO2/c21-15-2-1-14(16(22)7-15)6-17-18(24)25-19(23-17)20-8-11-3-12(9-20)5-13(4-11)10-20/h1-2,6-7,11-13H,3-5,8-10H2/b17-6+. The zero-order chi connectivity index (χ0) is 17.2. The summed E-state index contributed by atoms with van der Waals surface area (Å²) in [6.45, 7) is 0. The van der Waals surface area contributed by atoms with Crippen molar-refractivity contribution in [3.63, 3.8) is 0 Å². The molecular weight excluding hydrogens is 357 g/mol. The Bertz CT molecular complexity index is 792. The molecule has 130 valence electrons. The molecule has 0 amide bonds. The highest BCUT2D eigenvalue weighted by atomic mass is 35.5. The summed E-state index contributed by atoms with van der Waals surface area (Å²) in [7, 11) is 0. The highest BCUT2D eigenvalue weighted by Crippen LogP contribution is 2.61. The number of carbonyl (C=O) groups excluding carboxylic acids is 1. The second-order valence-corrected chi connectivity index (χ2v) is 9.04. The molecule has 0 atom stereocenters. The van der Waals surface area contributed by atoms with Gasteiger partial charge in [-0.2, -0.15) is 0 Å². The van der Waals surface area contributed by atoms with E-state index >= 15 is 0 Å². The normalized spacial score (nSPS) is 37.5. The third-order valence-corrected chi connectivity index (χ3v) is 6.93. The molecule has 3 nitrogen and oxygen atoms in total. The Hall–Kier alpha value is -1.32. The van der Waals surface area contributed by atoms with Crippen molar-refractivity contribution in [1.29, 1.82) is 0 Å². The first kappa shape index (κ1) is 15.9. The van der Waals surface area contributed by atoms with Gasteiger partial charge in [0.25, 0.3) is 0 Å². The largest absolute Gasteiger partial charge is 0.406 e. The van der Waals surface area contributed by atoms with Gasteiger partial charge in [-0.1, -0.05) is 29.3 Å². The Morgan fingerprint density at radius 1 is 1.08 bits per heavy atom. The van der Waals surface area contributed by atoms with Crippen molar-refractivity contribution in [3.05, 3.63) is 39.5 Å². The number of hydrogen-bond acceptors (Lipinski definition) is 3. The lowest BCUT2D eigenvalue weighted by Gasteiger charge is -2.55. The number of rotatable bonds is 2. The van der Waals surface area contributed by atoms with E-state index in [2.05, 4.69) is 4.99 Å². The maximum atomic E-state index is 12.4. The van der Waals surface area contributed by atoms with Crippen molar-refractivity contribution in [2.45, 2.75) is 38.5 Å². The summed E-state index contributed by atoms with van der Waals surface area (Å²) in [6, 6.07) is 5.21. The predicted octanol–water partition coefficient (Wildman–Crippen LogP) is 5.51. The number of hydrogen-bond donors (Lipinski definition) is 0. The summed E-state index contributed by atoms with van der Waals surface area (Å²) in [6.07, 6.45) is 9.13.